The van der Waals surface area contributed by atoms with Crippen LogP contribution in [0, 0.1) is 0 Å². The summed E-state index contributed by atoms with van der Waals surface area (Å²) in [5.41, 5.74) is 2.15. The zero-order valence-corrected chi connectivity index (χ0v) is 18.5. The number of rotatable bonds is 5. The van der Waals surface area contributed by atoms with Gasteiger partial charge in [0.1, 0.15) is 5.52 Å². The number of alkyl halides is 4. The van der Waals surface area contributed by atoms with Crippen molar-refractivity contribution in [3.8, 4) is 17.0 Å². The van der Waals surface area contributed by atoms with Crippen molar-refractivity contribution in [1.82, 2.24) is 24.5 Å². The van der Waals surface area contributed by atoms with E-state index in [0.29, 0.717) is 11.1 Å². The number of halogens is 4. The topological polar surface area (TPSA) is 84.7 Å². The van der Waals surface area contributed by atoms with E-state index in [9.17, 15) is 22.4 Å². The number of nitrogens with zero attached hydrogens (tertiary/aromatic N) is 5. The molecule has 1 atom stereocenters. The molecule has 1 amide bonds. The first kappa shape index (κ1) is 22.8. The molecule has 0 saturated carbocycles. The van der Waals surface area contributed by atoms with Gasteiger partial charge in [0.2, 0.25) is 17.7 Å². The van der Waals surface area contributed by atoms with Crippen LogP contribution >= 0.6 is 0 Å². The summed E-state index contributed by atoms with van der Waals surface area (Å²) in [7, 11) is 0. The Labute approximate surface area is 196 Å². The van der Waals surface area contributed by atoms with Crippen LogP contribution in [0.3, 0.4) is 0 Å². The lowest BCUT2D eigenvalue weighted by molar-refractivity contribution is -0.140. The third-order valence-electron chi connectivity index (χ3n) is 5.94. The molecule has 182 valence electrons. The summed E-state index contributed by atoms with van der Waals surface area (Å²) in [6, 6.07) is 9.35. The summed E-state index contributed by atoms with van der Waals surface area (Å²) in [5, 5.41) is 7.60. The van der Waals surface area contributed by atoms with Crippen molar-refractivity contribution in [1.29, 1.82) is 0 Å². The standard InChI is InChI=1S/C23H20F4N6O2/c1-13(34)32-9-7-18(23(26,27)12-32)29-22-30-20(35-21(24)25)19-16(6-10-33(19)31-22)14-4-5-17-15(11-14)3-2-8-28-17/h2-6,8,10-11,18,21H,7,9,12H2,1H3,(H,29,31). The largest absolute Gasteiger partial charge is 0.414 e. The average Bonchev–Trinajstić information content (AvgIpc) is 3.24. The fourth-order valence-corrected chi connectivity index (χ4v) is 4.24. The summed E-state index contributed by atoms with van der Waals surface area (Å²) in [6.45, 7) is -2.60. The van der Waals surface area contributed by atoms with Crippen molar-refractivity contribution in [2.24, 2.45) is 0 Å². The second-order valence-electron chi connectivity index (χ2n) is 8.24. The van der Waals surface area contributed by atoms with Gasteiger partial charge in [-0.2, -0.15) is 13.8 Å². The molecule has 1 aliphatic heterocycles. The zero-order chi connectivity index (χ0) is 24.7. The van der Waals surface area contributed by atoms with E-state index in [0.717, 1.165) is 15.8 Å². The predicted octanol–water partition coefficient (Wildman–Crippen LogP) is 4.21. The van der Waals surface area contributed by atoms with Crippen LogP contribution in [0.1, 0.15) is 13.3 Å². The highest BCUT2D eigenvalue weighted by atomic mass is 19.3. The van der Waals surface area contributed by atoms with Crippen LogP contribution in [-0.4, -0.2) is 62.1 Å². The molecule has 0 aliphatic carbocycles. The lowest BCUT2D eigenvalue weighted by Gasteiger charge is -2.38. The molecule has 35 heavy (non-hydrogen) atoms. The number of nitrogens with one attached hydrogen (secondary N) is 1. The van der Waals surface area contributed by atoms with Crippen molar-refractivity contribution >= 4 is 28.3 Å². The second kappa shape index (κ2) is 8.67. The third-order valence-corrected chi connectivity index (χ3v) is 5.94. The van der Waals surface area contributed by atoms with Crippen molar-refractivity contribution in [2.75, 3.05) is 18.4 Å². The van der Waals surface area contributed by atoms with Gasteiger partial charge in [0.05, 0.1) is 18.1 Å². The quantitative estimate of drug-likeness (QED) is 0.424. The summed E-state index contributed by atoms with van der Waals surface area (Å²) in [5.74, 6) is -4.46. The minimum Gasteiger partial charge on any atom is -0.414 e. The number of anilines is 1. The molecule has 0 radical (unpaired) electrons. The van der Waals surface area contributed by atoms with E-state index >= 15 is 0 Å². The number of aromatic nitrogens is 4. The number of piperidine rings is 1. The van der Waals surface area contributed by atoms with E-state index in [2.05, 4.69) is 25.1 Å². The van der Waals surface area contributed by atoms with Gasteiger partial charge in [0.15, 0.2) is 0 Å². The van der Waals surface area contributed by atoms with Gasteiger partial charge in [-0.05, 0) is 36.2 Å². The number of carbonyl (C=O) groups excluding carboxylic acids is 1. The van der Waals surface area contributed by atoms with Crippen molar-refractivity contribution < 1.29 is 27.1 Å². The maximum atomic E-state index is 14.7. The van der Waals surface area contributed by atoms with Crippen LogP contribution in [0.5, 0.6) is 5.88 Å². The first-order valence-electron chi connectivity index (χ1n) is 10.8. The van der Waals surface area contributed by atoms with E-state index in [1.165, 1.54) is 17.6 Å². The molecule has 1 unspecified atom stereocenters. The maximum Gasteiger partial charge on any atom is 0.388 e. The molecule has 1 fully saturated rings. The van der Waals surface area contributed by atoms with Crippen molar-refractivity contribution in [3.05, 3.63) is 48.8 Å². The van der Waals surface area contributed by atoms with Crippen molar-refractivity contribution in [2.45, 2.75) is 31.9 Å². The van der Waals surface area contributed by atoms with Crippen LogP contribution in [0.4, 0.5) is 23.5 Å². The molecule has 1 N–H and O–H groups in total. The molecule has 8 nitrogen and oxygen atoms in total. The summed E-state index contributed by atoms with van der Waals surface area (Å²) >= 11 is 0. The number of carbonyl (C=O) groups is 1. The van der Waals surface area contributed by atoms with E-state index in [4.69, 9.17) is 0 Å². The van der Waals surface area contributed by atoms with E-state index < -0.39 is 36.9 Å². The van der Waals surface area contributed by atoms with Crippen LogP contribution < -0.4 is 10.1 Å². The predicted molar refractivity (Wildman–Crippen MR) is 120 cm³/mol. The highest BCUT2D eigenvalue weighted by Crippen LogP contribution is 2.35. The van der Waals surface area contributed by atoms with E-state index in [1.54, 1.807) is 30.5 Å². The van der Waals surface area contributed by atoms with Gasteiger partial charge in [0, 0.05) is 36.8 Å². The number of benzene rings is 1. The highest BCUT2D eigenvalue weighted by Gasteiger charge is 2.45. The van der Waals surface area contributed by atoms with Crippen LogP contribution in [0.25, 0.3) is 27.5 Å². The summed E-state index contributed by atoms with van der Waals surface area (Å²) in [4.78, 5) is 20.8. The Bertz CT molecular complexity index is 1410. The first-order valence-corrected chi connectivity index (χ1v) is 10.8. The van der Waals surface area contributed by atoms with E-state index in [1.807, 2.05) is 12.1 Å². The van der Waals surface area contributed by atoms with Gasteiger partial charge in [-0.1, -0.05) is 12.1 Å². The molecule has 0 spiro atoms. The zero-order valence-electron chi connectivity index (χ0n) is 18.5. The second-order valence-corrected chi connectivity index (χ2v) is 8.24. The molecule has 12 heteroatoms. The van der Waals surface area contributed by atoms with Gasteiger partial charge in [-0.3, -0.25) is 9.78 Å². The number of ether oxygens (including phenoxy) is 1. The molecule has 1 saturated heterocycles. The maximum absolute atomic E-state index is 14.7. The normalized spacial score (nSPS) is 17.8. The molecular formula is C23H20F4N6O2. The molecule has 5 rings (SSSR count). The molecule has 4 aromatic rings. The van der Waals surface area contributed by atoms with Gasteiger partial charge in [-0.25, -0.2) is 13.3 Å². The fraction of sp³-hybridized carbons (Fsp3) is 0.304. The molecule has 1 aromatic carbocycles. The molecular weight excluding hydrogens is 468 g/mol. The van der Waals surface area contributed by atoms with Gasteiger partial charge < -0.3 is 15.0 Å². The molecule has 3 aromatic heterocycles. The Morgan fingerprint density at radius 3 is 2.83 bits per heavy atom. The van der Waals surface area contributed by atoms with Crippen LogP contribution in [-0.2, 0) is 4.79 Å². The summed E-state index contributed by atoms with van der Waals surface area (Å²) < 4.78 is 61.8. The Morgan fingerprint density at radius 2 is 2.09 bits per heavy atom. The summed E-state index contributed by atoms with van der Waals surface area (Å²) in [6.07, 6.45) is 3.11. The fourth-order valence-electron chi connectivity index (χ4n) is 4.24. The number of hydrogen-bond donors (Lipinski definition) is 1. The van der Waals surface area contributed by atoms with Gasteiger partial charge in [-0.15, -0.1) is 5.10 Å². The number of likely N-dealkylation sites (tertiary alicyclic amines) is 1. The first-order chi connectivity index (χ1) is 16.7. The SMILES string of the molecule is CC(=O)N1CCC(Nc2nc(OC(F)F)c3c(-c4ccc5ncccc5c4)ccn3n2)C(F)(F)C1. The molecule has 0 bridgehead atoms. The monoisotopic (exact) mass is 488 g/mol. The Kier molecular flexibility index (Phi) is 5.65. The van der Waals surface area contributed by atoms with E-state index in [-0.39, 0.29) is 24.4 Å². The van der Waals surface area contributed by atoms with Crippen LogP contribution in [0.2, 0.25) is 0 Å². The number of amides is 1. The smallest absolute Gasteiger partial charge is 0.388 e. The Balaban J connectivity index is 1.52. The highest BCUT2D eigenvalue weighted by molar-refractivity contribution is 5.90. The minimum absolute atomic E-state index is 0.0684. The van der Waals surface area contributed by atoms with Crippen molar-refractivity contribution in [3.63, 3.8) is 0 Å². The number of hydrogen-bond acceptors (Lipinski definition) is 6. The van der Waals surface area contributed by atoms with Gasteiger partial charge >= 0.3 is 6.61 Å². The Morgan fingerprint density at radius 1 is 1.26 bits per heavy atom. The number of pyridine rings is 1. The molecule has 4 heterocycles. The lowest BCUT2D eigenvalue weighted by Crippen LogP contribution is -2.55. The minimum atomic E-state index is -3.27. The molecule has 1 aliphatic rings. The lowest BCUT2D eigenvalue weighted by atomic mass is 10.0. The Hall–Kier alpha value is -3.96. The van der Waals surface area contributed by atoms with Gasteiger partial charge in [0.25, 0.3) is 5.92 Å². The van der Waals surface area contributed by atoms with Crippen LogP contribution in [0.15, 0.2) is 48.8 Å². The average molecular weight is 488 g/mol. The number of fused-ring (bicyclic) bond motifs is 2. The third kappa shape index (κ3) is 4.43.